The Kier molecular flexibility index (Phi) is 4.55. The predicted molar refractivity (Wildman–Crippen MR) is 73.9 cm³/mol. The van der Waals surface area contributed by atoms with Crippen molar-refractivity contribution in [3.63, 3.8) is 0 Å². The highest BCUT2D eigenvalue weighted by Gasteiger charge is 2.30. The zero-order valence-corrected chi connectivity index (χ0v) is 11.5. The van der Waals surface area contributed by atoms with E-state index in [1.54, 1.807) is 11.9 Å². The molecule has 2 N–H and O–H groups in total. The van der Waals surface area contributed by atoms with Crippen LogP contribution in [0.5, 0.6) is 0 Å². The van der Waals surface area contributed by atoms with Crippen LogP contribution in [0.2, 0.25) is 0 Å². The van der Waals surface area contributed by atoms with Gasteiger partial charge in [0.2, 0.25) is 5.91 Å². The van der Waals surface area contributed by atoms with Crippen LogP contribution in [0.3, 0.4) is 0 Å². The van der Waals surface area contributed by atoms with E-state index in [1.807, 2.05) is 0 Å². The fourth-order valence-corrected chi connectivity index (χ4v) is 2.14. The maximum atomic E-state index is 13.2. The van der Waals surface area contributed by atoms with Gasteiger partial charge in [-0.1, -0.05) is 11.8 Å². The van der Waals surface area contributed by atoms with Gasteiger partial charge in [0, 0.05) is 19.2 Å². The first kappa shape index (κ1) is 15.0. The molecular formula is C15H15FN2O3. The van der Waals surface area contributed by atoms with Crippen molar-refractivity contribution >= 4 is 11.8 Å². The van der Waals surface area contributed by atoms with Crippen molar-refractivity contribution in [3.05, 3.63) is 35.1 Å². The summed E-state index contributed by atoms with van der Waals surface area (Å²) in [4.78, 5) is 25.5. The van der Waals surface area contributed by atoms with E-state index in [0.29, 0.717) is 13.0 Å². The van der Waals surface area contributed by atoms with Crippen LogP contribution >= 0.6 is 0 Å². The van der Waals surface area contributed by atoms with Gasteiger partial charge in [0.15, 0.2) is 0 Å². The van der Waals surface area contributed by atoms with Gasteiger partial charge in [-0.25, -0.2) is 4.39 Å². The number of halogens is 1. The molecule has 21 heavy (non-hydrogen) atoms. The lowest BCUT2D eigenvalue weighted by molar-refractivity contribution is -0.128. The number of aliphatic hydroxyl groups excluding tert-OH is 1. The molecule has 0 spiro atoms. The number of amides is 2. The summed E-state index contributed by atoms with van der Waals surface area (Å²) in [6.45, 7) is 0.202. The number of likely N-dealkylation sites (N-methyl/N-ethyl adjacent to an activating group) is 1. The summed E-state index contributed by atoms with van der Waals surface area (Å²) < 4.78 is 13.2. The maximum Gasteiger partial charge on any atom is 0.253 e. The molecule has 1 aliphatic heterocycles. The molecule has 1 atom stereocenters. The lowest BCUT2D eigenvalue weighted by atomic mass is 10.1. The molecule has 0 aliphatic carbocycles. The van der Waals surface area contributed by atoms with Crippen molar-refractivity contribution in [3.8, 4) is 11.8 Å². The number of hydrogen-bond acceptors (Lipinski definition) is 3. The summed E-state index contributed by atoms with van der Waals surface area (Å²) in [6.07, 6.45) is 0.542. The highest BCUT2D eigenvalue weighted by atomic mass is 19.1. The second kappa shape index (κ2) is 6.37. The summed E-state index contributed by atoms with van der Waals surface area (Å²) in [6, 6.07) is 3.03. The second-order valence-electron chi connectivity index (χ2n) is 4.72. The van der Waals surface area contributed by atoms with Gasteiger partial charge in [0.25, 0.3) is 5.91 Å². The lowest BCUT2D eigenvalue weighted by Crippen LogP contribution is -2.40. The Balaban J connectivity index is 2.21. The average molecular weight is 290 g/mol. The molecule has 6 heteroatoms. The third kappa shape index (κ3) is 3.38. The van der Waals surface area contributed by atoms with Crippen LogP contribution < -0.4 is 5.32 Å². The summed E-state index contributed by atoms with van der Waals surface area (Å²) in [7, 11) is 1.67. The minimum Gasteiger partial charge on any atom is -0.384 e. The van der Waals surface area contributed by atoms with Crippen LogP contribution in [0.25, 0.3) is 0 Å². The van der Waals surface area contributed by atoms with Crippen molar-refractivity contribution < 1.29 is 19.1 Å². The molecule has 5 nitrogen and oxygen atoms in total. The maximum absolute atomic E-state index is 13.2. The Morgan fingerprint density at radius 3 is 2.95 bits per heavy atom. The fraction of sp³-hybridized carbons (Fsp3) is 0.333. The third-order valence-electron chi connectivity index (χ3n) is 3.26. The molecule has 1 aliphatic rings. The number of nitrogens with one attached hydrogen (secondary N) is 1. The van der Waals surface area contributed by atoms with Crippen molar-refractivity contribution in [1.82, 2.24) is 10.2 Å². The number of hydrogen-bond donors (Lipinski definition) is 2. The van der Waals surface area contributed by atoms with E-state index >= 15 is 0 Å². The molecular weight excluding hydrogens is 275 g/mol. The van der Waals surface area contributed by atoms with Crippen LogP contribution in [0.4, 0.5) is 4.39 Å². The van der Waals surface area contributed by atoms with E-state index in [1.165, 1.54) is 6.07 Å². The highest BCUT2D eigenvalue weighted by molar-refractivity contribution is 5.99. The SMILES string of the molecule is CN1CCC(NC(=O)c2ccc(F)cc2C#CCO)C1=O. The second-order valence-corrected chi connectivity index (χ2v) is 4.72. The predicted octanol–water partition coefficient (Wildman–Crippen LogP) is 0.130. The van der Waals surface area contributed by atoms with Gasteiger partial charge < -0.3 is 15.3 Å². The van der Waals surface area contributed by atoms with Gasteiger partial charge in [-0.05, 0) is 24.6 Å². The van der Waals surface area contributed by atoms with Gasteiger partial charge in [-0.15, -0.1) is 0 Å². The normalized spacial score (nSPS) is 17.4. The molecule has 110 valence electrons. The van der Waals surface area contributed by atoms with Crippen molar-refractivity contribution in [2.75, 3.05) is 20.2 Å². The van der Waals surface area contributed by atoms with Crippen molar-refractivity contribution in [1.29, 1.82) is 0 Å². The Bertz CT molecular complexity index is 634. The third-order valence-corrected chi connectivity index (χ3v) is 3.26. The van der Waals surface area contributed by atoms with Crippen LogP contribution in [0.15, 0.2) is 18.2 Å². The van der Waals surface area contributed by atoms with E-state index < -0.39 is 17.8 Å². The van der Waals surface area contributed by atoms with Gasteiger partial charge in [-0.2, -0.15) is 0 Å². The summed E-state index contributed by atoms with van der Waals surface area (Å²) in [5, 5.41) is 11.3. The zero-order valence-electron chi connectivity index (χ0n) is 11.5. The number of benzene rings is 1. The van der Waals surface area contributed by atoms with Crippen LogP contribution in [0, 0.1) is 17.7 Å². The molecule has 1 aromatic rings. The topological polar surface area (TPSA) is 69.6 Å². The molecule has 1 aromatic carbocycles. The average Bonchev–Trinajstić information content (AvgIpc) is 2.77. The quantitative estimate of drug-likeness (QED) is 0.761. The minimum absolute atomic E-state index is 0.145. The first-order chi connectivity index (χ1) is 10.0. The number of likely N-dealkylation sites (tertiary alicyclic amines) is 1. The van der Waals surface area contributed by atoms with Crippen molar-refractivity contribution in [2.24, 2.45) is 0 Å². The molecule has 1 saturated heterocycles. The monoisotopic (exact) mass is 290 g/mol. The molecule has 0 saturated carbocycles. The molecule has 0 aromatic heterocycles. The largest absolute Gasteiger partial charge is 0.384 e. The van der Waals surface area contributed by atoms with E-state index in [-0.39, 0.29) is 23.6 Å². The number of nitrogens with zero attached hydrogens (tertiary/aromatic N) is 1. The fourth-order valence-electron chi connectivity index (χ4n) is 2.14. The van der Waals surface area contributed by atoms with Crippen LogP contribution in [-0.4, -0.2) is 48.1 Å². The number of carbonyl (C=O) groups excluding carboxylic acids is 2. The minimum atomic E-state index is -0.564. The van der Waals surface area contributed by atoms with E-state index in [0.717, 1.165) is 12.1 Å². The van der Waals surface area contributed by atoms with E-state index in [9.17, 15) is 14.0 Å². The molecule has 1 heterocycles. The Labute approximate surface area is 121 Å². The smallest absolute Gasteiger partial charge is 0.253 e. The van der Waals surface area contributed by atoms with Crippen LogP contribution in [0.1, 0.15) is 22.3 Å². The summed E-state index contributed by atoms with van der Waals surface area (Å²) in [5.41, 5.74) is 0.361. The molecule has 0 radical (unpaired) electrons. The van der Waals surface area contributed by atoms with E-state index in [2.05, 4.69) is 17.2 Å². The van der Waals surface area contributed by atoms with Gasteiger partial charge in [0.1, 0.15) is 18.5 Å². The van der Waals surface area contributed by atoms with Gasteiger partial charge in [-0.3, -0.25) is 9.59 Å². The summed E-state index contributed by atoms with van der Waals surface area (Å²) >= 11 is 0. The number of carbonyl (C=O) groups is 2. The lowest BCUT2D eigenvalue weighted by Gasteiger charge is -2.13. The van der Waals surface area contributed by atoms with Gasteiger partial charge >= 0.3 is 0 Å². The molecule has 1 fully saturated rings. The highest BCUT2D eigenvalue weighted by Crippen LogP contribution is 2.13. The first-order valence-corrected chi connectivity index (χ1v) is 6.48. The molecule has 2 amide bonds. The molecule has 1 unspecified atom stereocenters. The standard InChI is InChI=1S/C15H15FN2O3/c1-18-7-6-13(15(18)21)17-14(20)12-5-4-11(16)9-10(12)3-2-8-19/h4-5,9,13,19H,6-8H2,1H3,(H,17,20). The number of aliphatic hydroxyl groups is 1. The van der Waals surface area contributed by atoms with Crippen molar-refractivity contribution in [2.45, 2.75) is 12.5 Å². The summed E-state index contributed by atoms with van der Waals surface area (Å²) in [5.74, 6) is 3.77. The van der Waals surface area contributed by atoms with E-state index in [4.69, 9.17) is 5.11 Å². The molecule has 0 bridgehead atoms. The molecule has 2 rings (SSSR count). The van der Waals surface area contributed by atoms with Gasteiger partial charge in [0.05, 0.1) is 5.56 Å². The number of rotatable bonds is 2. The zero-order chi connectivity index (χ0) is 15.4. The Morgan fingerprint density at radius 1 is 1.57 bits per heavy atom. The Hall–Kier alpha value is -2.39. The Morgan fingerprint density at radius 2 is 2.33 bits per heavy atom. The first-order valence-electron chi connectivity index (χ1n) is 6.48. The van der Waals surface area contributed by atoms with Crippen LogP contribution in [-0.2, 0) is 4.79 Å².